The lowest BCUT2D eigenvalue weighted by Crippen LogP contribution is -2.47. The molecule has 3 aromatic rings. The first kappa shape index (κ1) is 28.2. The Morgan fingerprint density at radius 1 is 0.769 bits per heavy atom. The number of halogens is 5. The van der Waals surface area contributed by atoms with Gasteiger partial charge in [-0.1, -0.05) is 47.5 Å². The van der Waals surface area contributed by atoms with Crippen LogP contribution in [0.5, 0.6) is 0 Å². The summed E-state index contributed by atoms with van der Waals surface area (Å²) >= 11 is 12.3. The second-order valence-corrected chi connectivity index (χ2v) is 11.3. The summed E-state index contributed by atoms with van der Waals surface area (Å²) < 4.78 is 41.8. The molecule has 0 unspecified atom stereocenters. The Balaban J connectivity index is 1.31. The molecule has 0 atom stereocenters. The largest absolute Gasteiger partial charge is 0.416 e. The highest BCUT2D eigenvalue weighted by molar-refractivity contribution is 6.30. The molecule has 0 radical (unpaired) electrons. The molecule has 0 aliphatic carbocycles. The van der Waals surface area contributed by atoms with E-state index in [9.17, 15) is 13.2 Å². The molecule has 208 valence electrons. The number of alkyl halides is 3. The predicted molar refractivity (Wildman–Crippen MR) is 153 cm³/mol. The van der Waals surface area contributed by atoms with Gasteiger partial charge in [0.25, 0.3) is 0 Å². The monoisotopic (exact) mass is 576 g/mol. The fourth-order valence-corrected chi connectivity index (χ4v) is 5.52. The minimum atomic E-state index is -4.39. The molecule has 0 N–H and O–H groups in total. The van der Waals surface area contributed by atoms with Crippen LogP contribution >= 0.6 is 23.2 Å². The van der Waals surface area contributed by atoms with Crippen molar-refractivity contribution in [3.05, 3.63) is 99.0 Å². The van der Waals surface area contributed by atoms with Gasteiger partial charge in [-0.3, -0.25) is 14.7 Å². The maximum absolute atomic E-state index is 13.9. The normalized spacial score (nSPS) is 17.1. The average Bonchev–Trinajstić information content (AvgIpc) is 3.74. The van der Waals surface area contributed by atoms with Crippen LogP contribution in [0.3, 0.4) is 0 Å². The van der Waals surface area contributed by atoms with Crippen LogP contribution in [0.25, 0.3) is 0 Å². The van der Waals surface area contributed by atoms with Crippen molar-refractivity contribution in [3.63, 3.8) is 0 Å². The zero-order valence-corrected chi connectivity index (χ0v) is 23.5. The first-order valence-electron chi connectivity index (χ1n) is 13.3. The number of rotatable bonds is 9. The van der Waals surface area contributed by atoms with Crippen molar-refractivity contribution in [2.75, 3.05) is 64.3 Å². The minimum Gasteiger partial charge on any atom is -0.373 e. The van der Waals surface area contributed by atoms with Crippen LogP contribution in [0.1, 0.15) is 28.3 Å². The molecule has 0 spiro atoms. The van der Waals surface area contributed by atoms with Crippen molar-refractivity contribution in [1.82, 2.24) is 14.7 Å². The van der Waals surface area contributed by atoms with E-state index in [0.717, 1.165) is 56.1 Å². The van der Waals surface area contributed by atoms with Crippen molar-refractivity contribution in [2.45, 2.75) is 18.8 Å². The summed E-state index contributed by atoms with van der Waals surface area (Å²) in [5.41, 5.74) is 2.84. The van der Waals surface area contributed by atoms with E-state index in [1.807, 2.05) is 60.5 Å². The molecule has 9 heteroatoms. The molecular weight excluding hydrogens is 544 g/mol. The highest BCUT2D eigenvalue weighted by Gasteiger charge is 2.35. The van der Waals surface area contributed by atoms with Gasteiger partial charge in [0.15, 0.2) is 0 Å². The van der Waals surface area contributed by atoms with E-state index >= 15 is 0 Å². The van der Waals surface area contributed by atoms with Crippen molar-refractivity contribution >= 4 is 28.9 Å². The third kappa shape index (κ3) is 7.27. The van der Waals surface area contributed by atoms with Crippen molar-refractivity contribution < 1.29 is 13.2 Å². The molecule has 2 aliphatic heterocycles. The highest BCUT2D eigenvalue weighted by atomic mass is 35.5. The van der Waals surface area contributed by atoms with Gasteiger partial charge in [0, 0.05) is 81.7 Å². The summed E-state index contributed by atoms with van der Waals surface area (Å²) in [5, 5.41) is 1.36. The minimum absolute atomic E-state index is 0.00611. The maximum atomic E-state index is 13.9. The standard InChI is InChI=1S/C30H33Cl2F3N4/c1-36(12-13-37-14-15-37)27-10-11-28(30(33,34)35)24(20-27)21-38-16-18-39(19-17-38)29(22-2-6-25(31)7-3-22)23-4-8-26(32)9-5-23/h2-11,20,29H,12-19,21H2,1H3. The first-order valence-corrected chi connectivity index (χ1v) is 14.0. The summed E-state index contributed by atoms with van der Waals surface area (Å²) in [7, 11) is 1.95. The van der Waals surface area contributed by atoms with Crippen LogP contribution in [0.15, 0.2) is 66.7 Å². The van der Waals surface area contributed by atoms with Gasteiger partial charge < -0.3 is 4.90 Å². The number of benzene rings is 3. The molecule has 0 amide bonds. The number of piperazine rings is 1. The van der Waals surface area contributed by atoms with Crippen molar-refractivity contribution in [3.8, 4) is 0 Å². The Morgan fingerprint density at radius 3 is 1.82 bits per heavy atom. The molecule has 2 heterocycles. The van der Waals surface area contributed by atoms with Crippen LogP contribution in [-0.4, -0.2) is 74.1 Å². The smallest absolute Gasteiger partial charge is 0.373 e. The van der Waals surface area contributed by atoms with Crippen LogP contribution in [0, 0.1) is 0 Å². The molecule has 39 heavy (non-hydrogen) atoms. The first-order chi connectivity index (χ1) is 18.7. The van der Waals surface area contributed by atoms with E-state index in [1.54, 1.807) is 12.1 Å². The fraction of sp³-hybridized carbons (Fsp3) is 0.400. The third-order valence-electron chi connectivity index (χ3n) is 7.66. The molecule has 0 aromatic heterocycles. The molecule has 4 nitrogen and oxygen atoms in total. The number of likely N-dealkylation sites (N-methyl/N-ethyl adjacent to an activating group) is 1. The van der Waals surface area contributed by atoms with Crippen LogP contribution < -0.4 is 4.90 Å². The summed E-state index contributed by atoms with van der Waals surface area (Å²) in [6.07, 6.45) is -4.39. The zero-order chi connectivity index (χ0) is 27.6. The molecule has 0 saturated carbocycles. The van der Waals surface area contributed by atoms with Gasteiger partial charge in [-0.15, -0.1) is 0 Å². The molecule has 0 bridgehead atoms. The predicted octanol–water partition coefficient (Wildman–Crippen LogP) is 6.67. The summed E-state index contributed by atoms with van der Waals surface area (Å²) in [6, 6.07) is 20.3. The lowest BCUT2D eigenvalue weighted by Gasteiger charge is -2.40. The summed E-state index contributed by atoms with van der Waals surface area (Å²) in [5.74, 6) is 0. The third-order valence-corrected chi connectivity index (χ3v) is 8.17. The Bertz CT molecular complexity index is 1190. The number of nitrogens with zero attached hydrogens (tertiary/aromatic N) is 4. The van der Waals surface area contributed by atoms with Crippen LogP contribution in [0.4, 0.5) is 18.9 Å². The van der Waals surface area contributed by atoms with Gasteiger partial charge >= 0.3 is 6.18 Å². The Labute approximate surface area is 238 Å². The van der Waals surface area contributed by atoms with E-state index in [1.165, 1.54) is 6.07 Å². The van der Waals surface area contributed by atoms with Crippen LogP contribution in [0.2, 0.25) is 10.0 Å². The summed E-state index contributed by atoms with van der Waals surface area (Å²) in [4.78, 5) is 8.86. The lowest BCUT2D eigenvalue weighted by molar-refractivity contribution is -0.138. The van der Waals surface area contributed by atoms with Gasteiger partial charge in [-0.25, -0.2) is 0 Å². The maximum Gasteiger partial charge on any atom is 0.416 e. The van der Waals surface area contributed by atoms with Gasteiger partial charge in [-0.2, -0.15) is 13.2 Å². The number of hydrogen-bond donors (Lipinski definition) is 0. The Morgan fingerprint density at radius 2 is 1.31 bits per heavy atom. The highest BCUT2D eigenvalue weighted by Crippen LogP contribution is 2.36. The van der Waals surface area contributed by atoms with Crippen LogP contribution in [-0.2, 0) is 12.7 Å². The van der Waals surface area contributed by atoms with Gasteiger partial charge in [-0.05, 0) is 59.2 Å². The molecule has 2 fully saturated rings. The molecule has 3 aromatic carbocycles. The SMILES string of the molecule is CN(CCN1CC1)c1ccc(C(F)(F)F)c(CN2CCN(C(c3ccc(Cl)cc3)c3ccc(Cl)cc3)CC2)c1. The van der Waals surface area contributed by atoms with Crippen molar-refractivity contribution in [1.29, 1.82) is 0 Å². The van der Waals surface area contributed by atoms with E-state index in [4.69, 9.17) is 23.2 Å². The summed E-state index contributed by atoms with van der Waals surface area (Å²) in [6.45, 7) is 7.00. The molecule has 2 saturated heterocycles. The van der Waals surface area contributed by atoms with E-state index in [-0.39, 0.29) is 12.6 Å². The zero-order valence-electron chi connectivity index (χ0n) is 22.0. The topological polar surface area (TPSA) is 12.7 Å². The van der Waals surface area contributed by atoms with Gasteiger partial charge in [0.1, 0.15) is 0 Å². The van der Waals surface area contributed by atoms with Gasteiger partial charge in [0.05, 0.1) is 11.6 Å². The molecular formula is C30H33Cl2F3N4. The number of hydrogen-bond acceptors (Lipinski definition) is 4. The quantitative estimate of drug-likeness (QED) is 0.264. The van der Waals surface area contributed by atoms with E-state index in [2.05, 4.69) is 14.7 Å². The fourth-order valence-electron chi connectivity index (χ4n) is 5.26. The number of anilines is 1. The second-order valence-electron chi connectivity index (χ2n) is 10.4. The molecule has 5 rings (SSSR count). The lowest BCUT2D eigenvalue weighted by atomic mass is 9.96. The van der Waals surface area contributed by atoms with E-state index in [0.29, 0.717) is 28.7 Å². The van der Waals surface area contributed by atoms with E-state index < -0.39 is 11.7 Å². The van der Waals surface area contributed by atoms with Gasteiger partial charge in [0.2, 0.25) is 0 Å². The Kier molecular flexibility index (Phi) is 8.74. The second kappa shape index (κ2) is 12.1. The average molecular weight is 578 g/mol. The van der Waals surface area contributed by atoms with Crippen molar-refractivity contribution in [2.24, 2.45) is 0 Å². The Hall–Kier alpha value is -2.29. The molecule has 2 aliphatic rings.